The average molecular weight is 221 g/mol. The Morgan fingerprint density at radius 3 is 2.94 bits per heavy atom. The predicted molar refractivity (Wildman–Crippen MR) is 63.2 cm³/mol. The molecule has 4 heteroatoms. The number of nitrogen functional groups attached to an aromatic ring is 1. The molecule has 4 nitrogen and oxygen atoms in total. The molecule has 1 aliphatic heterocycles. The van der Waals surface area contributed by atoms with Crippen molar-refractivity contribution in [2.75, 3.05) is 18.9 Å². The summed E-state index contributed by atoms with van der Waals surface area (Å²) >= 11 is 0. The SMILES string of the molecule is CC(C)c1cc(N)nc(CC2CCOC2)n1. The summed E-state index contributed by atoms with van der Waals surface area (Å²) in [6.45, 7) is 5.92. The first kappa shape index (κ1) is 11.3. The van der Waals surface area contributed by atoms with Gasteiger partial charge in [-0.15, -0.1) is 0 Å². The lowest BCUT2D eigenvalue weighted by Gasteiger charge is -2.10. The molecule has 0 bridgehead atoms. The first-order valence-corrected chi connectivity index (χ1v) is 5.86. The Bertz CT molecular complexity index is 359. The number of nitrogens with zero attached hydrogens (tertiary/aromatic N) is 2. The average Bonchev–Trinajstić information content (AvgIpc) is 2.69. The molecule has 1 saturated heterocycles. The molecule has 1 fully saturated rings. The van der Waals surface area contributed by atoms with Crippen molar-refractivity contribution in [1.29, 1.82) is 0 Å². The van der Waals surface area contributed by atoms with Gasteiger partial charge in [-0.2, -0.15) is 0 Å². The van der Waals surface area contributed by atoms with Crippen molar-refractivity contribution in [3.05, 3.63) is 17.6 Å². The van der Waals surface area contributed by atoms with Crippen LogP contribution in [0.3, 0.4) is 0 Å². The molecule has 2 heterocycles. The number of rotatable bonds is 3. The highest BCUT2D eigenvalue weighted by Crippen LogP contribution is 2.19. The molecule has 1 aromatic rings. The smallest absolute Gasteiger partial charge is 0.131 e. The van der Waals surface area contributed by atoms with Crippen LogP contribution in [0.2, 0.25) is 0 Å². The summed E-state index contributed by atoms with van der Waals surface area (Å²) in [4.78, 5) is 8.84. The molecule has 0 spiro atoms. The standard InChI is InChI=1S/C12H19N3O/c1-8(2)10-6-11(13)15-12(14-10)5-9-3-4-16-7-9/h6,8-9H,3-5,7H2,1-2H3,(H2,13,14,15). The van der Waals surface area contributed by atoms with Crippen molar-refractivity contribution in [2.45, 2.75) is 32.6 Å². The molecule has 1 unspecified atom stereocenters. The molecule has 1 aromatic heterocycles. The van der Waals surface area contributed by atoms with E-state index in [1.165, 1.54) is 0 Å². The second-order valence-corrected chi connectivity index (χ2v) is 4.72. The summed E-state index contributed by atoms with van der Waals surface area (Å²) in [6, 6.07) is 1.86. The molecule has 2 N–H and O–H groups in total. The zero-order chi connectivity index (χ0) is 11.5. The molecular formula is C12H19N3O. The summed E-state index contributed by atoms with van der Waals surface area (Å²) in [5, 5.41) is 0. The van der Waals surface area contributed by atoms with Crippen molar-refractivity contribution in [3.63, 3.8) is 0 Å². The highest BCUT2D eigenvalue weighted by atomic mass is 16.5. The van der Waals surface area contributed by atoms with E-state index in [0.717, 1.165) is 37.6 Å². The summed E-state index contributed by atoms with van der Waals surface area (Å²) < 4.78 is 5.35. The minimum Gasteiger partial charge on any atom is -0.384 e. The highest BCUT2D eigenvalue weighted by molar-refractivity contribution is 5.31. The Morgan fingerprint density at radius 1 is 1.50 bits per heavy atom. The third-order valence-electron chi connectivity index (χ3n) is 2.90. The van der Waals surface area contributed by atoms with Gasteiger partial charge in [-0.05, 0) is 18.3 Å². The van der Waals surface area contributed by atoms with E-state index in [4.69, 9.17) is 10.5 Å². The minimum absolute atomic E-state index is 0.392. The fourth-order valence-corrected chi connectivity index (χ4v) is 1.93. The van der Waals surface area contributed by atoms with Crippen molar-refractivity contribution >= 4 is 5.82 Å². The molecule has 88 valence electrons. The van der Waals surface area contributed by atoms with Crippen LogP contribution in [-0.4, -0.2) is 23.2 Å². The van der Waals surface area contributed by atoms with Gasteiger partial charge in [-0.3, -0.25) is 0 Å². The maximum Gasteiger partial charge on any atom is 0.131 e. The third-order valence-corrected chi connectivity index (χ3v) is 2.90. The van der Waals surface area contributed by atoms with Gasteiger partial charge in [0.1, 0.15) is 11.6 Å². The van der Waals surface area contributed by atoms with Gasteiger partial charge in [0.25, 0.3) is 0 Å². The third kappa shape index (κ3) is 2.70. The van der Waals surface area contributed by atoms with Gasteiger partial charge >= 0.3 is 0 Å². The van der Waals surface area contributed by atoms with Crippen LogP contribution in [0.4, 0.5) is 5.82 Å². The van der Waals surface area contributed by atoms with Gasteiger partial charge < -0.3 is 10.5 Å². The van der Waals surface area contributed by atoms with Gasteiger partial charge in [-0.1, -0.05) is 13.8 Å². The number of ether oxygens (including phenoxy) is 1. The van der Waals surface area contributed by atoms with Gasteiger partial charge in [0.2, 0.25) is 0 Å². The van der Waals surface area contributed by atoms with E-state index in [-0.39, 0.29) is 0 Å². The lowest BCUT2D eigenvalue weighted by Crippen LogP contribution is -2.10. The zero-order valence-electron chi connectivity index (χ0n) is 9.94. The first-order valence-electron chi connectivity index (χ1n) is 5.86. The molecule has 0 aliphatic carbocycles. The highest BCUT2D eigenvalue weighted by Gasteiger charge is 2.18. The van der Waals surface area contributed by atoms with Crippen LogP contribution in [-0.2, 0) is 11.2 Å². The lowest BCUT2D eigenvalue weighted by atomic mass is 10.0. The van der Waals surface area contributed by atoms with Crippen LogP contribution in [0, 0.1) is 5.92 Å². The van der Waals surface area contributed by atoms with Crippen LogP contribution < -0.4 is 5.73 Å². The molecule has 1 atom stereocenters. The van der Waals surface area contributed by atoms with Gasteiger partial charge in [0.05, 0.1) is 0 Å². The molecule has 0 saturated carbocycles. The van der Waals surface area contributed by atoms with E-state index < -0.39 is 0 Å². The van der Waals surface area contributed by atoms with Crippen LogP contribution in [0.1, 0.15) is 37.7 Å². The molecule has 1 aliphatic rings. The number of aromatic nitrogens is 2. The van der Waals surface area contributed by atoms with E-state index in [0.29, 0.717) is 17.7 Å². The lowest BCUT2D eigenvalue weighted by molar-refractivity contribution is 0.185. The Kier molecular flexibility index (Phi) is 3.39. The van der Waals surface area contributed by atoms with Crippen LogP contribution in [0.15, 0.2) is 6.07 Å². The van der Waals surface area contributed by atoms with Gasteiger partial charge in [0.15, 0.2) is 0 Å². The summed E-state index contributed by atoms with van der Waals surface area (Å²) in [5.74, 6) is 2.39. The second-order valence-electron chi connectivity index (χ2n) is 4.72. The Morgan fingerprint density at radius 2 is 2.31 bits per heavy atom. The van der Waals surface area contributed by atoms with Crippen molar-refractivity contribution in [3.8, 4) is 0 Å². The number of anilines is 1. The minimum atomic E-state index is 0.392. The fraction of sp³-hybridized carbons (Fsp3) is 0.667. The van der Waals surface area contributed by atoms with Gasteiger partial charge in [-0.25, -0.2) is 9.97 Å². The first-order chi connectivity index (χ1) is 7.65. The van der Waals surface area contributed by atoms with E-state index in [1.54, 1.807) is 0 Å². The molecule has 16 heavy (non-hydrogen) atoms. The van der Waals surface area contributed by atoms with Crippen LogP contribution in [0.25, 0.3) is 0 Å². The predicted octanol–water partition coefficient (Wildman–Crippen LogP) is 1.76. The molecular weight excluding hydrogens is 202 g/mol. The molecule has 0 amide bonds. The summed E-state index contributed by atoms with van der Waals surface area (Å²) in [6.07, 6.45) is 1.99. The second kappa shape index (κ2) is 4.78. The maximum atomic E-state index is 5.79. The van der Waals surface area contributed by atoms with Crippen molar-refractivity contribution < 1.29 is 4.74 Å². The summed E-state index contributed by atoms with van der Waals surface area (Å²) in [7, 11) is 0. The maximum absolute atomic E-state index is 5.79. The Balaban J connectivity index is 2.13. The van der Waals surface area contributed by atoms with E-state index >= 15 is 0 Å². The molecule has 0 aromatic carbocycles. The monoisotopic (exact) mass is 221 g/mol. The van der Waals surface area contributed by atoms with E-state index in [9.17, 15) is 0 Å². The normalized spacial score (nSPS) is 20.6. The van der Waals surface area contributed by atoms with Crippen molar-refractivity contribution in [1.82, 2.24) is 9.97 Å². The number of nitrogens with two attached hydrogens (primary N) is 1. The number of hydrogen-bond acceptors (Lipinski definition) is 4. The Hall–Kier alpha value is -1.16. The topological polar surface area (TPSA) is 61.0 Å². The molecule has 0 radical (unpaired) electrons. The Labute approximate surface area is 96.2 Å². The van der Waals surface area contributed by atoms with Crippen LogP contribution >= 0.6 is 0 Å². The summed E-state index contributed by atoms with van der Waals surface area (Å²) in [5.41, 5.74) is 6.82. The van der Waals surface area contributed by atoms with Crippen molar-refractivity contribution in [2.24, 2.45) is 5.92 Å². The quantitative estimate of drug-likeness (QED) is 0.845. The number of hydrogen-bond donors (Lipinski definition) is 1. The fourth-order valence-electron chi connectivity index (χ4n) is 1.93. The molecule has 2 rings (SSSR count). The van der Waals surface area contributed by atoms with E-state index in [2.05, 4.69) is 23.8 Å². The zero-order valence-corrected chi connectivity index (χ0v) is 9.94. The van der Waals surface area contributed by atoms with Crippen LogP contribution in [0.5, 0.6) is 0 Å². The largest absolute Gasteiger partial charge is 0.384 e. The van der Waals surface area contributed by atoms with Gasteiger partial charge in [0, 0.05) is 31.4 Å². The van der Waals surface area contributed by atoms with E-state index in [1.807, 2.05) is 6.07 Å².